The molecule has 0 aromatic carbocycles. The van der Waals surface area contributed by atoms with E-state index in [-0.39, 0.29) is 18.5 Å². The van der Waals surface area contributed by atoms with Crippen LogP contribution in [-0.4, -0.2) is 62.2 Å². The van der Waals surface area contributed by atoms with Crippen LogP contribution in [0.5, 0.6) is 0 Å². The summed E-state index contributed by atoms with van der Waals surface area (Å²) in [7, 11) is 0. The van der Waals surface area contributed by atoms with Gasteiger partial charge in [0.15, 0.2) is 0 Å². The molecule has 96 valence electrons. The number of anilines is 1. The van der Waals surface area contributed by atoms with Crippen molar-refractivity contribution in [1.29, 1.82) is 0 Å². The monoisotopic (exact) mass is 281 g/mol. The van der Waals surface area contributed by atoms with Crippen molar-refractivity contribution in [3.63, 3.8) is 0 Å². The third-order valence-electron chi connectivity index (χ3n) is 2.52. The first-order chi connectivity index (χ1) is 8.11. The Kier molecular flexibility index (Phi) is 4.13. The van der Waals surface area contributed by atoms with E-state index in [2.05, 4.69) is 14.7 Å². The molecule has 1 fully saturated rings. The highest BCUT2D eigenvalue weighted by Gasteiger charge is 2.38. The average Bonchev–Trinajstić information content (AvgIpc) is 2.71. The minimum Gasteiger partial charge on any atom is -0.394 e. The van der Waals surface area contributed by atoms with E-state index in [4.69, 9.17) is 21.4 Å². The zero-order valence-corrected chi connectivity index (χ0v) is 10.2. The van der Waals surface area contributed by atoms with Crippen LogP contribution in [-0.2, 0) is 4.74 Å². The van der Waals surface area contributed by atoms with Crippen molar-refractivity contribution >= 4 is 28.3 Å². The summed E-state index contributed by atoms with van der Waals surface area (Å²) in [6.07, 6.45) is -2.96. The van der Waals surface area contributed by atoms with E-state index in [9.17, 15) is 10.2 Å². The van der Waals surface area contributed by atoms with E-state index >= 15 is 0 Å². The maximum Gasteiger partial charge on any atom is 0.236 e. The van der Waals surface area contributed by atoms with Crippen molar-refractivity contribution in [2.45, 2.75) is 24.4 Å². The zero-order valence-electron chi connectivity index (χ0n) is 8.65. The van der Waals surface area contributed by atoms with Crippen molar-refractivity contribution in [3.05, 3.63) is 5.28 Å². The van der Waals surface area contributed by atoms with Crippen LogP contribution in [0, 0.1) is 0 Å². The number of aromatic nitrogens is 2. The molecule has 0 spiro atoms. The van der Waals surface area contributed by atoms with E-state index in [0.29, 0.717) is 5.13 Å². The van der Waals surface area contributed by atoms with Crippen molar-refractivity contribution < 1.29 is 20.1 Å². The van der Waals surface area contributed by atoms with Crippen LogP contribution in [0.3, 0.4) is 0 Å². The van der Waals surface area contributed by atoms with Gasteiger partial charge in [0, 0.05) is 11.5 Å². The lowest BCUT2D eigenvalue weighted by atomic mass is 9.99. The normalized spacial score (nSPS) is 33.6. The Hall–Kier alpha value is -0.510. The number of aliphatic hydroxyl groups is 3. The minimum atomic E-state index is -1.14. The SMILES string of the molecule is OCC1OCC(Nc2nc(Cl)ns2)C(O)C1O. The molecule has 0 saturated carbocycles. The van der Waals surface area contributed by atoms with Crippen LogP contribution in [0.1, 0.15) is 0 Å². The third-order valence-corrected chi connectivity index (χ3v) is 3.44. The van der Waals surface area contributed by atoms with Gasteiger partial charge in [0.1, 0.15) is 18.3 Å². The van der Waals surface area contributed by atoms with Gasteiger partial charge in [-0.1, -0.05) is 0 Å². The molecule has 1 aromatic heterocycles. The second-order valence-corrected chi connectivity index (χ2v) is 4.74. The van der Waals surface area contributed by atoms with Crippen LogP contribution < -0.4 is 5.32 Å². The van der Waals surface area contributed by atoms with Crippen molar-refractivity contribution in [2.75, 3.05) is 18.5 Å². The summed E-state index contributed by atoms with van der Waals surface area (Å²) in [6.45, 7) is -0.184. The van der Waals surface area contributed by atoms with Crippen LogP contribution >= 0.6 is 23.1 Å². The number of hydrogen-bond acceptors (Lipinski definition) is 8. The number of aliphatic hydroxyl groups excluding tert-OH is 3. The van der Waals surface area contributed by atoms with Gasteiger partial charge >= 0.3 is 0 Å². The highest BCUT2D eigenvalue weighted by atomic mass is 35.5. The Morgan fingerprint density at radius 1 is 1.47 bits per heavy atom. The Bertz CT molecular complexity index is 379. The lowest BCUT2D eigenvalue weighted by Crippen LogP contribution is -2.56. The highest BCUT2D eigenvalue weighted by Crippen LogP contribution is 2.21. The molecule has 0 aliphatic carbocycles. The summed E-state index contributed by atoms with van der Waals surface area (Å²) < 4.78 is 8.97. The predicted octanol–water partition coefficient (Wildman–Crippen LogP) is -0.915. The van der Waals surface area contributed by atoms with Gasteiger partial charge in [-0.05, 0) is 11.6 Å². The summed E-state index contributed by atoms with van der Waals surface area (Å²) in [5.41, 5.74) is 0. The summed E-state index contributed by atoms with van der Waals surface area (Å²) in [5.74, 6) is 0. The summed E-state index contributed by atoms with van der Waals surface area (Å²) in [5, 5.41) is 31.8. The Morgan fingerprint density at radius 2 is 2.24 bits per heavy atom. The first-order valence-corrected chi connectivity index (χ1v) is 6.11. The van der Waals surface area contributed by atoms with Gasteiger partial charge in [0.05, 0.1) is 19.3 Å². The molecule has 1 aliphatic rings. The average molecular weight is 282 g/mol. The second-order valence-electron chi connectivity index (χ2n) is 3.65. The molecule has 2 rings (SSSR count). The second kappa shape index (κ2) is 5.42. The quantitative estimate of drug-likeness (QED) is 0.568. The molecule has 1 saturated heterocycles. The minimum absolute atomic E-state index is 0.123. The van der Waals surface area contributed by atoms with Gasteiger partial charge in [-0.3, -0.25) is 0 Å². The van der Waals surface area contributed by atoms with Gasteiger partial charge in [-0.25, -0.2) is 0 Å². The van der Waals surface area contributed by atoms with Crippen LogP contribution in [0.15, 0.2) is 0 Å². The molecule has 0 radical (unpaired) electrons. The maximum absolute atomic E-state index is 9.83. The summed E-state index contributed by atoms with van der Waals surface area (Å²) >= 11 is 6.61. The maximum atomic E-state index is 9.83. The van der Waals surface area contributed by atoms with E-state index in [1.807, 2.05) is 0 Å². The fraction of sp³-hybridized carbons (Fsp3) is 0.750. The summed E-state index contributed by atoms with van der Waals surface area (Å²) in [6, 6.07) is -0.517. The molecule has 0 bridgehead atoms. The number of hydrogen-bond donors (Lipinski definition) is 4. The Morgan fingerprint density at radius 3 is 2.82 bits per heavy atom. The molecule has 1 aliphatic heterocycles. The highest BCUT2D eigenvalue weighted by molar-refractivity contribution is 7.09. The molecule has 17 heavy (non-hydrogen) atoms. The third kappa shape index (κ3) is 2.84. The van der Waals surface area contributed by atoms with Crippen molar-refractivity contribution in [2.24, 2.45) is 0 Å². The van der Waals surface area contributed by atoms with Crippen molar-refractivity contribution in [3.8, 4) is 0 Å². The van der Waals surface area contributed by atoms with Gasteiger partial charge in [-0.2, -0.15) is 9.36 Å². The fourth-order valence-corrected chi connectivity index (χ4v) is 2.37. The molecular formula is C8H12ClN3O4S. The number of rotatable bonds is 3. The first kappa shape index (κ1) is 12.9. The number of nitrogens with zero attached hydrogens (tertiary/aromatic N) is 2. The topological polar surface area (TPSA) is 108 Å². The van der Waals surface area contributed by atoms with Gasteiger partial charge in [-0.15, -0.1) is 0 Å². The van der Waals surface area contributed by atoms with Crippen LogP contribution in [0.4, 0.5) is 5.13 Å². The van der Waals surface area contributed by atoms with E-state index in [0.717, 1.165) is 11.5 Å². The number of halogens is 1. The fourth-order valence-electron chi connectivity index (χ4n) is 1.59. The lowest BCUT2D eigenvalue weighted by molar-refractivity contribution is -0.152. The van der Waals surface area contributed by atoms with Gasteiger partial charge in [0.2, 0.25) is 10.4 Å². The molecule has 4 atom stereocenters. The Labute approximate surface area is 106 Å². The van der Waals surface area contributed by atoms with E-state index in [1.165, 1.54) is 0 Å². The molecule has 0 amide bonds. The van der Waals surface area contributed by atoms with Crippen LogP contribution in [0.2, 0.25) is 5.28 Å². The largest absolute Gasteiger partial charge is 0.394 e. The Balaban J connectivity index is 1.98. The number of ether oxygens (including phenoxy) is 1. The van der Waals surface area contributed by atoms with Crippen molar-refractivity contribution in [1.82, 2.24) is 9.36 Å². The standard InChI is InChI=1S/C8H12ClN3O4S/c9-7-11-8(17-12-7)10-3-2-16-4(1-13)6(15)5(3)14/h3-6,13-15H,1-2H2,(H,10,11,12). The van der Waals surface area contributed by atoms with Crippen LogP contribution in [0.25, 0.3) is 0 Å². The molecule has 1 aromatic rings. The molecule has 7 nitrogen and oxygen atoms in total. The summed E-state index contributed by atoms with van der Waals surface area (Å²) in [4.78, 5) is 3.87. The zero-order chi connectivity index (χ0) is 12.4. The molecule has 9 heteroatoms. The van der Waals surface area contributed by atoms with E-state index < -0.39 is 24.4 Å². The molecular weight excluding hydrogens is 270 g/mol. The predicted molar refractivity (Wildman–Crippen MR) is 61.2 cm³/mol. The first-order valence-electron chi connectivity index (χ1n) is 4.96. The van der Waals surface area contributed by atoms with Gasteiger partial charge < -0.3 is 25.4 Å². The number of nitrogens with one attached hydrogen (secondary N) is 1. The molecule has 4 unspecified atom stereocenters. The lowest BCUT2D eigenvalue weighted by Gasteiger charge is -2.36. The molecule has 2 heterocycles. The smallest absolute Gasteiger partial charge is 0.236 e. The molecule has 4 N–H and O–H groups in total. The van der Waals surface area contributed by atoms with E-state index in [1.54, 1.807) is 0 Å². The van der Waals surface area contributed by atoms with Gasteiger partial charge in [0.25, 0.3) is 0 Å².